The zero-order valence-electron chi connectivity index (χ0n) is 18.8. The van der Waals surface area contributed by atoms with E-state index in [2.05, 4.69) is 5.32 Å². The molecule has 0 fully saturated rings. The van der Waals surface area contributed by atoms with Crippen LogP contribution < -0.4 is 19.1 Å². The molecule has 0 aliphatic rings. The maximum Gasteiger partial charge on any atom is 0.232 e. The molecule has 2 aromatic carbocycles. The van der Waals surface area contributed by atoms with Gasteiger partial charge >= 0.3 is 0 Å². The van der Waals surface area contributed by atoms with Gasteiger partial charge in [0, 0.05) is 13.0 Å². The third-order valence-electron chi connectivity index (χ3n) is 4.91. The van der Waals surface area contributed by atoms with Crippen molar-refractivity contribution in [3.8, 4) is 11.5 Å². The van der Waals surface area contributed by atoms with E-state index in [4.69, 9.17) is 9.47 Å². The third-order valence-corrected chi connectivity index (χ3v) is 6.10. The van der Waals surface area contributed by atoms with E-state index in [9.17, 15) is 13.2 Å². The van der Waals surface area contributed by atoms with Crippen LogP contribution in [0.4, 0.5) is 5.69 Å². The maximum atomic E-state index is 12.3. The molecule has 2 rings (SSSR count). The lowest BCUT2D eigenvalue weighted by Crippen LogP contribution is -2.37. The molecule has 1 atom stereocenters. The molecular formula is C23H32N2O5S. The van der Waals surface area contributed by atoms with E-state index in [1.807, 2.05) is 45.0 Å². The van der Waals surface area contributed by atoms with Crippen LogP contribution in [0.2, 0.25) is 0 Å². The van der Waals surface area contributed by atoms with Crippen LogP contribution >= 0.6 is 0 Å². The number of aryl methyl sites for hydroxylation is 2. The first-order chi connectivity index (χ1) is 14.6. The fourth-order valence-corrected chi connectivity index (χ4v) is 3.99. The quantitative estimate of drug-likeness (QED) is 0.569. The first-order valence-electron chi connectivity index (χ1n) is 10.2. The molecule has 1 N–H and O–H groups in total. The second-order valence-electron chi connectivity index (χ2n) is 7.66. The van der Waals surface area contributed by atoms with Crippen molar-refractivity contribution >= 4 is 21.6 Å². The van der Waals surface area contributed by atoms with E-state index >= 15 is 0 Å². The second kappa shape index (κ2) is 11.0. The van der Waals surface area contributed by atoms with Gasteiger partial charge in [0.1, 0.15) is 18.1 Å². The smallest absolute Gasteiger partial charge is 0.232 e. The van der Waals surface area contributed by atoms with Gasteiger partial charge in [-0.2, -0.15) is 0 Å². The molecule has 0 aliphatic carbocycles. The Morgan fingerprint density at radius 2 is 1.71 bits per heavy atom. The highest BCUT2D eigenvalue weighted by Crippen LogP contribution is 2.22. The molecule has 31 heavy (non-hydrogen) atoms. The lowest BCUT2D eigenvalue weighted by Gasteiger charge is -2.23. The van der Waals surface area contributed by atoms with Crippen molar-refractivity contribution in [2.75, 3.05) is 30.8 Å². The summed E-state index contributed by atoms with van der Waals surface area (Å²) in [5.74, 6) is 1.30. The molecule has 0 unspecified atom stereocenters. The van der Waals surface area contributed by atoms with E-state index in [0.717, 1.165) is 16.9 Å². The van der Waals surface area contributed by atoms with Crippen molar-refractivity contribution in [3.63, 3.8) is 0 Å². The molecule has 170 valence electrons. The number of methoxy groups -OCH3 is 1. The van der Waals surface area contributed by atoms with Gasteiger partial charge in [-0.1, -0.05) is 6.07 Å². The molecule has 2 aromatic rings. The number of carbonyl (C=O) groups is 1. The Morgan fingerprint density at radius 1 is 1.06 bits per heavy atom. The fourth-order valence-electron chi connectivity index (χ4n) is 3.03. The third kappa shape index (κ3) is 7.79. The fraction of sp³-hybridized carbons (Fsp3) is 0.435. The normalized spacial score (nSPS) is 12.2. The predicted octanol–water partition coefficient (Wildman–Crippen LogP) is 3.44. The number of carbonyl (C=O) groups excluding carboxylic acids is 1. The predicted molar refractivity (Wildman–Crippen MR) is 123 cm³/mol. The van der Waals surface area contributed by atoms with Crippen molar-refractivity contribution in [1.82, 2.24) is 5.32 Å². The first-order valence-corrected chi connectivity index (χ1v) is 12.1. The van der Waals surface area contributed by atoms with Crippen molar-refractivity contribution < 1.29 is 22.7 Å². The number of amides is 1. The number of sulfonamides is 1. The van der Waals surface area contributed by atoms with Gasteiger partial charge in [-0.25, -0.2) is 8.42 Å². The van der Waals surface area contributed by atoms with E-state index in [-0.39, 0.29) is 24.9 Å². The summed E-state index contributed by atoms with van der Waals surface area (Å²) in [5.41, 5.74) is 2.74. The van der Waals surface area contributed by atoms with E-state index in [1.54, 1.807) is 25.3 Å². The monoisotopic (exact) mass is 448 g/mol. The number of nitrogens with one attached hydrogen (secondary N) is 1. The van der Waals surface area contributed by atoms with Crippen LogP contribution in [0.5, 0.6) is 11.5 Å². The summed E-state index contributed by atoms with van der Waals surface area (Å²) < 4.78 is 36.6. The lowest BCUT2D eigenvalue weighted by molar-refractivity contribution is -0.121. The Balaban J connectivity index is 1.82. The van der Waals surface area contributed by atoms with Crippen LogP contribution in [0.15, 0.2) is 42.5 Å². The van der Waals surface area contributed by atoms with Gasteiger partial charge < -0.3 is 14.8 Å². The molecule has 7 nitrogen and oxygen atoms in total. The molecule has 0 saturated carbocycles. The lowest BCUT2D eigenvalue weighted by atomic mass is 10.1. The average Bonchev–Trinajstić information content (AvgIpc) is 2.71. The largest absolute Gasteiger partial charge is 0.497 e. The van der Waals surface area contributed by atoms with Crippen molar-refractivity contribution in [2.24, 2.45) is 0 Å². The number of ether oxygens (including phenoxy) is 2. The zero-order chi connectivity index (χ0) is 23.0. The minimum Gasteiger partial charge on any atom is -0.497 e. The Hall–Kier alpha value is -2.74. The van der Waals surface area contributed by atoms with Crippen molar-refractivity contribution in [3.05, 3.63) is 53.6 Å². The molecule has 0 saturated heterocycles. The molecule has 0 radical (unpaired) electrons. The summed E-state index contributed by atoms with van der Waals surface area (Å²) >= 11 is 0. The molecule has 8 heteroatoms. The Morgan fingerprint density at radius 3 is 2.29 bits per heavy atom. The highest BCUT2D eigenvalue weighted by molar-refractivity contribution is 7.92. The Kier molecular flexibility index (Phi) is 8.74. The van der Waals surface area contributed by atoms with Crippen LogP contribution in [0.25, 0.3) is 0 Å². The summed E-state index contributed by atoms with van der Waals surface area (Å²) in [6.07, 6.45) is 1.82. The molecule has 0 spiro atoms. The highest BCUT2D eigenvalue weighted by atomic mass is 32.2. The summed E-state index contributed by atoms with van der Waals surface area (Å²) in [6.45, 7) is 6.36. The highest BCUT2D eigenvalue weighted by Gasteiger charge is 2.18. The second-order valence-corrected chi connectivity index (χ2v) is 9.57. The number of nitrogens with zero attached hydrogens (tertiary/aromatic N) is 1. The van der Waals surface area contributed by atoms with E-state index < -0.39 is 10.0 Å². The van der Waals surface area contributed by atoms with Crippen LogP contribution in [0.1, 0.15) is 30.9 Å². The van der Waals surface area contributed by atoms with Gasteiger partial charge in [0.25, 0.3) is 0 Å². The van der Waals surface area contributed by atoms with Crippen LogP contribution in [-0.2, 0) is 14.8 Å². The Labute approximate surface area is 185 Å². The Bertz CT molecular complexity index is 974. The van der Waals surface area contributed by atoms with Gasteiger partial charge in [0.15, 0.2) is 0 Å². The minimum absolute atomic E-state index is 0.139. The number of benzene rings is 2. The molecular weight excluding hydrogens is 416 g/mol. The SMILES string of the molecule is COc1ccc(OC[C@@H](C)NC(=O)CCCN(c2ccc(C)c(C)c2)S(C)(=O)=O)cc1. The first kappa shape index (κ1) is 24.5. The van der Waals surface area contributed by atoms with Crippen molar-refractivity contribution in [2.45, 2.75) is 39.7 Å². The molecule has 1 amide bonds. The topological polar surface area (TPSA) is 84.9 Å². The van der Waals surface area contributed by atoms with Gasteiger partial charge in [-0.15, -0.1) is 0 Å². The number of hydrogen-bond acceptors (Lipinski definition) is 5. The molecule has 0 heterocycles. The van der Waals surface area contributed by atoms with Gasteiger partial charge in [0.05, 0.1) is 25.1 Å². The van der Waals surface area contributed by atoms with Crippen LogP contribution in [0, 0.1) is 13.8 Å². The minimum atomic E-state index is -3.44. The average molecular weight is 449 g/mol. The van der Waals surface area contributed by atoms with E-state index in [1.165, 1.54) is 10.6 Å². The maximum absolute atomic E-state index is 12.3. The standard InChI is InChI=1S/C23H32N2O5S/c1-17-8-9-20(15-18(17)2)25(31(5,27)28)14-6-7-23(26)24-19(3)16-30-22-12-10-21(29-4)11-13-22/h8-13,15,19H,6-7,14,16H2,1-5H3,(H,24,26)/t19-/m1/s1. The summed E-state index contributed by atoms with van der Waals surface area (Å²) in [4.78, 5) is 12.3. The molecule has 0 bridgehead atoms. The van der Waals surface area contributed by atoms with Crippen LogP contribution in [-0.4, -0.2) is 46.9 Å². The summed E-state index contributed by atoms with van der Waals surface area (Å²) in [6, 6.07) is 12.6. The number of anilines is 1. The summed E-state index contributed by atoms with van der Waals surface area (Å²) in [7, 11) is -1.84. The molecule has 0 aliphatic heterocycles. The zero-order valence-corrected chi connectivity index (χ0v) is 19.7. The summed E-state index contributed by atoms with van der Waals surface area (Å²) in [5, 5.41) is 2.88. The molecule has 0 aromatic heterocycles. The van der Waals surface area contributed by atoms with E-state index in [0.29, 0.717) is 24.5 Å². The van der Waals surface area contributed by atoms with Crippen LogP contribution in [0.3, 0.4) is 0 Å². The number of rotatable bonds is 11. The van der Waals surface area contributed by atoms with Gasteiger partial charge in [-0.3, -0.25) is 9.10 Å². The van der Waals surface area contributed by atoms with Crippen molar-refractivity contribution in [1.29, 1.82) is 0 Å². The number of hydrogen-bond donors (Lipinski definition) is 1. The van der Waals surface area contributed by atoms with Gasteiger partial charge in [-0.05, 0) is 74.7 Å². The van der Waals surface area contributed by atoms with Gasteiger partial charge in [0.2, 0.25) is 15.9 Å².